The SMILES string of the molecule is COc1ccc(CNC(=O)CN(c2cc(C)ccc2OC)S(=O)(=O)c2ccc(C)cc2)cc1OC. The highest BCUT2D eigenvalue weighted by Gasteiger charge is 2.29. The van der Waals surface area contributed by atoms with Gasteiger partial charge in [0.2, 0.25) is 5.91 Å². The van der Waals surface area contributed by atoms with E-state index < -0.39 is 22.5 Å². The first-order chi connectivity index (χ1) is 16.7. The second kappa shape index (κ2) is 11.1. The van der Waals surface area contributed by atoms with Crippen molar-refractivity contribution in [3.05, 3.63) is 77.4 Å². The molecule has 0 saturated carbocycles. The summed E-state index contributed by atoms with van der Waals surface area (Å²) >= 11 is 0. The van der Waals surface area contributed by atoms with Gasteiger partial charge in [-0.1, -0.05) is 29.8 Å². The lowest BCUT2D eigenvalue weighted by molar-refractivity contribution is -0.119. The molecule has 3 aromatic carbocycles. The van der Waals surface area contributed by atoms with Crippen molar-refractivity contribution in [2.24, 2.45) is 0 Å². The van der Waals surface area contributed by atoms with Gasteiger partial charge in [-0.15, -0.1) is 0 Å². The fraction of sp³-hybridized carbons (Fsp3) is 0.269. The first kappa shape index (κ1) is 25.9. The first-order valence-corrected chi connectivity index (χ1v) is 12.3. The molecule has 0 unspecified atom stereocenters. The number of methoxy groups -OCH3 is 3. The van der Waals surface area contributed by atoms with Crippen LogP contribution in [0.25, 0.3) is 0 Å². The summed E-state index contributed by atoms with van der Waals surface area (Å²) in [6.45, 7) is 3.47. The van der Waals surface area contributed by atoms with Crippen LogP contribution in [0.3, 0.4) is 0 Å². The highest BCUT2D eigenvalue weighted by molar-refractivity contribution is 7.92. The summed E-state index contributed by atoms with van der Waals surface area (Å²) in [6.07, 6.45) is 0. The minimum Gasteiger partial charge on any atom is -0.495 e. The number of hydrogen-bond acceptors (Lipinski definition) is 6. The van der Waals surface area contributed by atoms with Crippen LogP contribution < -0.4 is 23.8 Å². The Bertz CT molecular complexity index is 1290. The van der Waals surface area contributed by atoms with E-state index in [0.29, 0.717) is 17.2 Å². The van der Waals surface area contributed by atoms with Gasteiger partial charge in [0.25, 0.3) is 10.0 Å². The molecule has 9 heteroatoms. The number of hydrogen-bond donors (Lipinski definition) is 1. The monoisotopic (exact) mass is 498 g/mol. The van der Waals surface area contributed by atoms with E-state index >= 15 is 0 Å². The van der Waals surface area contributed by atoms with E-state index in [1.54, 1.807) is 49.6 Å². The van der Waals surface area contributed by atoms with Crippen molar-refractivity contribution in [1.29, 1.82) is 0 Å². The molecule has 186 valence electrons. The van der Waals surface area contributed by atoms with Crippen molar-refractivity contribution in [1.82, 2.24) is 5.32 Å². The smallest absolute Gasteiger partial charge is 0.264 e. The summed E-state index contributed by atoms with van der Waals surface area (Å²) in [6, 6.07) is 17.0. The zero-order valence-electron chi connectivity index (χ0n) is 20.5. The predicted octanol–water partition coefficient (Wildman–Crippen LogP) is 3.84. The van der Waals surface area contributed by atoms with Crippen LogP contribution >= 0.6 is 0 Å². The molecule has 0 aliphatic carbocycles. The standard InChI is InChI=1S/C26H30N2O6S/c1-18-6-10-21(11-7-18)35(30,31)28(22-14-19(2)8-12-23(22)32-3)17-26(29)27-16-20-9-13-24(33-4)25(15-20)34-5/h6-15H,16-17H2,1-5H3,(H,27,29). The fourth-order valence-electron chi connectivity index (χ4n) is 3.51. The summed E-state index contributed by atoms with van der Waals surface area (Å²) in [5, 5.41) is 2.79. The minimum atomic E-state index is -4.06. The second-order valence-electron chi connectivity index (χ2n) is 7.97. The van der Waals surface area contributed by atoms with Crippen LogP contribution in [0, 0.1) is 13.8 Å². The maximum absolute atomic E-state index is 13.6. The van der Waals surface area contributed by atoms with Gasteiger partial charge in [0.1, 0.15) is 12.3 Å². The summed E-state index contributed by atoms with van der Waals surface area (Å²) in [5.74, 6) is 0.981. The van der Waals surface area contributed by atoms with Crippen molar-refractivity contribution < 1.29 is 27.4 Å². The van der Waals surface area contributed by atoms with Crippen molar-refractivity contribution >= 4 is 21.6 Å². The number of carbonyl (C=O) groups excluding carboxylic acids is 1. The Morgan fingerprint density at radius 3 is 2.03 bits per heavy atom. The molecule has 0 heterocycles. The average Bonchev–Trinajstić information content (AvgIpc) is 2.85. The molecule has 0 fully saturated rings. The van der Waals surface area contributed by atoms with E-state index in [1.807, 2.05) is 19.9 Å². The van der Waals surface area contributed by atoms with Gasteiger partial charge in [0, 0.05) is 6.54 Å². The summed E-state index contributed by atoms with van der Waals surface area (Å²) in [5.41, 5.74) is 2.82. The van der Waals surface area contributed by atoms with Gasteiger partial charge in [-0.2, -0.15) is 0 Å². The molecule has 3 aromatic rings. The van der Waals surface area contributed by atoms with Crippen LogP contribution in [-0.2, 0) is 21.4 Å². The molecule has 0 aliphatic rings. The zero-order chi connectivity index (χ0) is 25.6. The second-order valence-corrected chi connectivity index (χ2v) is 9.83. The Hall–Kier alpha value is -3.72. The van der Waals surface area contributed by atoms with E-state index in [0.717, 1.165) is 21.0 Å². The Labute approximate surface area is 206 Å². The number of amides is 1. The van der Waals surface area contributed by atoms with Crippen LogP contribution in [0.5, 0.6) is 17.2 Å². The molecule has 3 rings (SSSR count). The Morgan fingerprint density at radius 2 is 1.40 bits per heavy atom. The molecular formula is C26H30N2O6S. The lowest BCUT2D eigenvalue weighted by Gasteiger charge is -2.26. The third-order valence-electron chi connectivity index (χ3n) is 5.44. The third-order valence-corrected chi connectivity index (χ3v) is 7.21. The number of aryl methyl sites for hydroxylation is 2. The van der Waals surface area contributed by atoms with E-state index in [4.69, 9.17) is 14.2 Å². The van der Waals surface area contributed by atoms with Crippen molar-refractivity contribution in [3.63, 3.8) is 0 Å². The Kier molecular flexibility index (Phi) is 8.24. The topological polar surface area (TPSA) is 94.2 Å². The number of carbonyl (C=O) groups is 1. The quantitative estimate of drug-likeness (QED) is 0.457. The van der Waals surface area contributed by atoms with Gasteiger partial charge >= 0.3 is 0 Å². The van der Waals surface area contributed by atoms with Gasteiger partial charge < -0.3 is 19.5 Å². The fourth-order valence-corrected chi connectivity index (χ4v) is 4.93. The molecule has 0 saturated heterocycles. The van der Waals surface area contributed by atoms with E-state index in [9.17, 15) is 13.2 Å². The van der Waals surface area contributed by atoms with Crippen LogP contribution in [-0.4, -0.2) is 42.2 Å². The molecule has 0 radical (unpaired) electrons. The lowest BCUT2D eigenvalue weighted by atomic mass is 10.2. The Morgan fingerprint density at radius 1 is 0.800 bits per heavy atom. The van der Waals surface area contributed by atoms with E-state index in [-0.39, 0.29) is 17.1 Å². The van der Waals surface area contributed by atoms with Gasteiger partial charge in [-0.05, 0) is 61.4 Å². The number of rotatable bonds is 10. The van der Waals surface area contributed by atoms with Crippen molar-refractivity contribution in [3.8, 4) is 17.2 Å². The molecule has 0 aliphatic heterocycles. The molecule has 1 amide bonds. The number of nitrogens with one attached hydrogen (secondary N) is 1. The van der Waals surface area contributed by atoms with Crippen LogP contribution in [0.15, 0.2) is 65.6 Å². The van der Waals surface area contributed by atoms with Gasteiger partial charge in [-0.3, -0.25) is 9.10 Å². The van der Waals surface area contributed by atoms with Gasteiger partial charge in [-0.25, -0.2) is 8.42 Å². The van der Waals surface area contributed by atoms with Gasteiger partial charge in [0.05, 0.1) is 31.9 Å². The maximum atomic E-state index is 13.6. The van der Waals surface area contributed by atoms with Crippen LogP contribution in [0.1, 0.15) is 16.7 Å². The predicted molar refractivity (Wildman–Crippen MR) is 135 cm³/mol. The van der Waals surface area contributed by atoms with E-state index in [1.165, 1.54) is 26.4 Å². The molecule has 0 aromatic heterocycles. The summed E-state index contributed by atoms with van der Waals surface area (Å²) in [7, 11) is 0.473. The average molecular weight is 499 g/mol. The zero-order valence-corrected chi connectivity index (χ0v) is 21.3. The molecule has 8 nitrogen and oxygen atoms in total. The number of nitrogens with zero attached hydrogens (tertiary/aromatic N) is 1. The molecule has 0 atom stereocenters. The summed E-state index contributed by atoms with van der Waals surface area (Å²) < 4.78 is 44.3. The van der Waals surface area contributed by atoms with Crippen molar-refractivity contribution in [2.75, 3.05) is 32.2 Å². The number of anilines is 1. The molecule has 0 bridgehead atoms. The van der Waals surface area contributed by atoms with Crippen LogP contribution in [0.4, 0.5) is 5.69 Å². The highest BCUT2D eigenvalue weighted by atomic mass is 32.2. The van der Waals surface area contributed by atoms with Gasteiger partial charge in [0.15, 0.2) is 11.5 Å². The first-order valence-electron chi connectivity index (χ1n) is 10.9. The largest absolute Gasteiger partial charge is 0.495 e. The normalized spacial score (nSPS) is 11.0. The molecular weight excluding hydrogens is 468 g/mol. The maximum Gasteiger partial charge on any atom is 0.264 e. The van der Waals surface area contributed by atoms with Crippen LogP contribution in [0.2, 0.25) is 0 Å². The number of ether oxygens (including phenoxy) is 3. The summed E-state index contributed by atoms with van der Waals surface area (Å²) in [4.78, 5) is 13.1. The minimum absolute atomic E-state index is 0.0827. The molecule has 1 N–H and O–H groups in total. The number of sulfonamides is 1. The lowest BCUT2D eigenvalue weighted by Crippen LogP contribution is -2.41. The third kappa shape index (κ3) is 6.05. The van der Waals surface area contributed by atoms with E-state index in [2.05, 4.69) is 5.32 Å². The molecule has 0 spiro atoms. The number of benzene rings is 3. The van der Waals surface area contributed by atoms with Crippen molar-refractivity contribution in [2.45, 2.75) is 25.3 Å². The Balaban J connectivity index is 1.91. The highest BCUT2D eigenvalue weighted by Crippen LogP contribution is 2.33. The molecule has 35 heavy (non-hydrogen) atoms.